The van der Waals surface area contributed by atoms with E-state index in [-0.39, 0.29) is 12.8 Å². The van der Waals surface area contributed by atoms with Crippen molar-refractivity contribution in [1.29, 1.82) is 0 Å². The summed E-state index contributed by atoms with van der Waals surface area (Å²) >= 11 is 0. The fourth-order valence-electron chi connectivity index (χ4n) is 1.75. The second-order valence-electron chi connectivity index (χ2n) is 3.77. The van der Waals surface area contributed by atoms with Crippen LogP contribution in [0.2, 0.25) is 0 Å². The van der Waals surface area contributed by atoms with Crippen LogP contribution in [-0.2, 0) is 6.42 Å². The molecule has 0 amide bonds. The summed E-state index contributed by atoms with van der Waals surface area (Å²) in [6.07, 6.45) is 1.13. The molecule has 0 radical (unpaired) electrons. The van der Waals surface area contributed by atoms with Crippen molar-refractivity contribution >= 4 is 0 Å². The molecule has 0 saturated heterocycles. The summed E-state index contributed by atoms with van der Waals surface area (Å²) in [6.45, 7) is -3.02. The Bertz CT molecular complexity index is 504. The molecular weight excluding hydrogens is 202 g/mol. The van der Waals surface area contributed by atoms with E-state index in [0.29, 0.717) is 24.3 Å². The normalized spacial score (nSPS) is 21.4. The van der Waals surface area contributed by atoms with Crippen molar-refractivity contribution in [3.63, 3.8) is 0 Å². The van der Waals surface area contributed by atoms with Gasteiger partial charge in [-0.3, -0.25) is 0 Å². The third-order valence-electron chi connectivity index (χ3n) is 2.69. The first-order valence-electron chi connectivity index (χ1n) is 7.89. The van der Waals surface area contributed by atoms with Crippen molar-refractivity contribution in [3.8, 4) is 11.5 Å². The third kappa shape index (κ3) is 2.47. The number of benzene rings is 1. The highest BCUT2D eigenvalue weighted by atomic mass is 16.7. The molecule has 1 aromatic carbocycles. The first-order valence-corrected chi connectivity index (χ1v) is 5.39. The number of hydrogen-bond acceptors (Lipinski definition) is 3. The minimum atomic E-state index is -2.70. The van der Waals surface area contributed by atoms with Gasteiger partial charge in [0.15, 0.2) is 11.5 Å². The van der Waals surface area contributed by atoms with Gasteiger partial charge >= 0.3 is 0 Å². The molecule has 2 rings (SSSR count). The molecule has 3 nitrogen and oxygen atoms in total. The lowest BCUT2D eigenvalue weighted by molar-refractivity contribution is 0.174. The van der Waals surface area contributed by atoms with Crippen molar-refractivity contribution in [2.24, 2.45) is 0 Å². The van der Waals surface area contributed by atoms with Gasteiger partial charge in [0.05, 0.1) is 0 Å². The van der Waals surface area contributed by atoms with E-state index in [4.69, 9.17) is 16.3 Å². The van der Waals surface area contributed by atoms with E-state index in [1.807, 2.05) is 25.1 Å². The van der Waals surface area contributed by atoms with Crippen molar-refractivity contribution in [2.45, 2.75) is 32.7 Å². The van der Waals surface area contributed by atoms with Crippen LogP contribution in [0.5, 0.6) is 11.5 Å². The van der Waals surface area contributed by atoms with Crippen LogP contribution in [0.25, 0.3) is 0 Å². The molecule has 1 unspecified atom stereocenters. The predicted octanol–water partition coefficient (Wildman–Crippen LogP) is 2.35. The van der Waals surface area contributed by atoms with Crippen molar-refractivity contribution < 1.29 is 16.3 Å². The zero-order valence-corrected chi connectivity index (χ0v) is 9.25. The molecule has 16 heavy (non-hydrogen) atoms. The van der Waals surface area contributed by atoms with Crippen molar-refractivity contribution in [1.82, 2.24) is 5.32 Å². The highest BCUT2D eigenvalue weighted by Crippen LogP contribution is 2.32. The molecule has 1 atom stereocenters. The average molecular weight is 226 g/mol. The molecule has 0 aliphatic carbocycles. The van der Waals surface area contributed by atoms with E-state index in [9.17, 15) is 0 Å². The molecule has 1 N–H and O–H groups in total. The molecule has 0 spiro atoms. The second-order valence-corrected chi connectivity index (χ2v) is 3.77. The second kappa shape index (κ2) is 5.21. The summed E-state index contributed by atoms with van der Waals surface area (Å²) in [5.41, 5.74) is 0.944. The van der Waals surface area contributed by atoms with Gasteiger partial charge in [-0.05, 0) is 37.0 Å². The minimum Gasteiger partial charge on any atom is -0.454 e. The Hall–Kier alpha value is -1.22. The molecule has 1 aromatic rings. The van der Waals surface area contributed by atoms with Crippen LogP contribution in [0.1, 0.15) is 32.6 Å². The molecule has 0 aromatic heterocycles. The lowest BCUT2D eigenvalue weighted by atomic mass is 10.0. The van der Waals surface area contributed by atoms with Gasteiger partial charge in [-0.2, -0.15) is 0 Å². The Labute approximate surface area is 104 Å². The van der Waals surface area contributed by atoms with Gasteiger partial charge in [0.2, 0.25) is 6.79 Å². The van der Waals surface area contributed by atoms with Gasteiger partial charge < -0.3 is 14.8 Å². The van der Waals surface area contributed by atoms with E-state index in [1.165, 1.54) is 0 Å². The summed E-state index contributed by atoms with van der Waals surface area (Å²) < 4.78 is 47.6. The van der Waals surface area contributed by atoms with Crippen LogP contribution in [-0.4, -0.2) is 19.3 Å². The molecule has 1 heterocycles. The average Bonchev–Trinajstić information content (AvgIpc) is 2.83. The maximum absolute atomic E-state index is 7.65. The van der Waals surface area contributed by atoms with Crippen LogP contribution >= 0.6 is 0 Å². The summed E-state index contributed by atoms with van der Waals surface area (Å²) in [6, 6.07) is 5.25. The van der Waals surface area contributed by atoms with E-state index in [2.05, 4.69) is 5.32 Å². The molecular formula is C13H19NO2. The fraction of sp³-hybridized carbons (Fsp3) is 0.538. The molecule has 0 fully saturated rings. The Morgan fingerprint density at radius 1 is 1.50 bits per heavy atom. The Morgan fingerprint density at radius 3 is 3.19 bits per heavy atom. The van der Waals surface area contributed by atoms with Gasteiger partial charge in [0, 0.05) is 12.9 Å². The standard InChI is InChI=1S/C13H19NO2/c1-3-11(14-4-2)7-10-5-6-12-13(8-10)16-9-15-12/h5-6,8,11,14H,3-4,7,9H2,1-2H3/i2D3,4D2. The number of rotatable bonds is 5. The lowest BCUT2D eigenvalue weighted by Gasteiger charge is -2.15. The monoisotopic (exact) mass is 226 g/mol. The number of fused-ring (bicyclic) bond motifs is 1. The predicted molar refractivity (Wildman–Crippen MR) is 64.0 cm³/mol. The smallest absolute Gasteiger partial charge is 0.231 e. The van der Waals surface area contributed by atoms with Gasteiger partial charge in [-0.15, -0.1) is 0 Å². The number of likely N-dealkylation sites (N-methyl/N-ethyl adjacent to an activating group) is 1. The molecule has 0 bridgehead atoms. The van der Waals surface area contributed by atoms with Crippen molar-refractivity contribution in [3.05, 3.63) is 23.8 Å². The first kappa shape index (κ1) is 6.50. The van der Waals surface area contributed by atoms with Crippen LogP contribution in [0.15, 0.2) is 18.2 Å². The SMILES string of the molecule is [2H]C([2H])([2H])C([2H])([2H])NC(CC)Cc1ccc2c(c1)OCO2. The van der Waals surface area contributed by atoms with E-state index in [1.54, 1.807) is 0 Å². The van der Waals surface area contributed by atoms with Gasteiger partial charge in [-0.25, -0.2) is 0 Å². The van der Waals surface area contributed by atoms with E-state index >= 15 is 0 Å². The van der Waals surface area contributed by atoms with Gasteiger partial charge in [-0.1, -0.05) is 19.8 Å². The van der Waals surface area contributed by atoms with E-state index < -0.39 is 13.3 Å². The summed E-state index contributed by atoms with van der Waals surface area (Å²) in [5, 5.41) is 2.60. The number of ether oxygens (including phenoxy) is 2. The third-order valence-corrected chi connectivity index (χ3v) is 2.69. The molecule has 3 heteroatoms. The van der Waals surface area contributed by atoms with Gasteiger partial charge in [0.25, 0.3) is 0 Å². The minimum absolute atomic E-state index is 0.204. The Kier molecular flexibility index (Phi) is 2.12. The topological polar surface area (TPSA) is 30.5 Å². The van der Waals surface area contributed by atoms with Crippen LogP contribution in [0, 0.1) is 0 Å². The van der Waals surface area contributed by atoms with E-state index in [0.717, 1.165) is 5.56 Å². The molecule has 88 valence electrons. The lowest BCUT2D eigenvalue weighted by Crippen LogP contribution is -2.30. The number of hydrogen-bond donors (Lipinski definition) is 1. The van der Waals surface area contributed by atoms with Crippen LogP contribution < -0.4 is 14.8 Å². The summed E-state index contributed by atoms with van der Waals surface area (Å²) in [5.74, 6) is 1.36. The summed E-state index contributed by atoms with van der Waals surface area (Å²) in [4.78, 5) is 0. The maximum Gasteiger partial charge on any atom is 0.231 e. The number of nitrogens with one attached hydrogen (secondary N) is 1. The zero-order chi connectivity index (χ0) is 15.7. The largest absolute Gasteiger partial charge is 0.454 e. The first-order chi connectivity index (χ1) is 9.73. The summed E-state index contributed by atoms with van der Waals surface area (Å²) in [7, 11) is 0. The highest BCUT2D eigenvalue weighted by molar-refractivity contribution is 5.44. The fourth-order valence-corrected chi connectivity index (χ4v) is 1.75. The molecule has 1 aliphatic rings. The zero-order valence-electron chi connectivity index (χ0n) is 14.2. The highest BCUT2D eigenvalue weighted by Gasteiger charge is 2.14. The maximum atomic E-state index is 7.65. The van der Waals surface area contributed by atoms with Gasteiger partial charge in [0.1, 0.15) is 0 Å². The van der Waals surface area contributed by atoms with Crippen LogP contribution in [0.4, 0.5) is 0 Å². The Morgan fingerprint density at radius 2 is 2.38 bits per heavy atom. The molecule has 1 aliphatic heterocycles. The Balaban J connectivity index is 2.06. The van der Waals surface area contributed by atoms with Crippen LogP contribution in [0.3, 0.4) is 0 Å². The van der Waals surface area contributed by atoms with Crippen molar-refractivity contribution in [2.75, 3.05) is 13.3 Å². The molecule has 0 saturated carbocycles. The quantitative estimate of drug-likeness (QED) is 0.836.